The fourth-order valence-electron chi connectivity index (χ4n) is 1.52. The van der Waals surface area contributed by atoms with Gasteiger partial charge in [0.1, 0.15) is 5.02 Å². The quantitative estimate of drug-likeness (QED) is 0.942. The van der Waals surface area contributed by atoms with Crippen molar-refractivity contribution in [3.8, 4) is 0 Å². The van der Waals surface area contributed by atoms with Crippen LogP contribution in [0.15, 0.2) is 30.5 Å². The molecule has 8 heteroatoms. The van der Waals surface area contributed by atoms with Crippen molar-refractivity contribution in [2.24, 2.45) is 0 Å². The monoisotopic (exact) mass is 319 g/mol. The van der Waals surface area contributed by atoms with Crippen molar-refractivity contribution in [1.82, 2.24) is 9.78 Å². The molecule has 2 rings (SSSR count). The maximum Gasteiger partial charge on any atom is 0.231 e. The van der Waals surface area contributed by atoms with Gasteiger partial charge < -0.3 is 0 Å². The van der Waals surface area contributed by atoms with Crippen molar-refractivity contribution in [2.45, 2.75) is 6.54 Å². The highest BCUT2D eigenvalue weighted by atomic mass is 35.5. The van der Waals surface area contributed by atoms with Crippen molar-refractivity contribution in [3.63, 3.8) is 0 Å². The molecular weight excluding hydrogens is 309 g/mol. The molecule has 0 saturated carbocycles. The van der Waals surface area contributed by atoms with Gasteiger partial charge in [0.25, 0.3) is 0 Å². The Morgan fingerprint density at radius 1 is 1.26 bits per heavy atom. The smallest absolute Gasteiger partial charge is 0.231 e. The number of nitrogens with zero attached hydrogens (tertiary/aromatic N) is 2. The number of halogens is 2. The van der Waals surface area contributed by atoms with Gasteiger partial charge in [-0.15, -0.1) is 0 Å². The van der Waals surface area contributed by atoms with E-state index in [1.807, 2.05) is 18.2 Å². The van der Waals surface area contributed by atoms with E-state index in [1.165, 1.54) is 4.68 Å². The molecule has 102 valence electrons. The number of anilines is 1. The Kier molecular flexibility index (Phi) is 4.03. The van der Waals surface area contributed by atoms with Gasteiger partial charge in [-0.1, -0.05) is 41.4 Å². The normalized spacial score (nSPS) is 11.5. The first-order valence-electron chi connectivity index (χ1n) is 5.29. The molecule has 1 heterocycles. The molecule has 1 N–H and O–H groups in total. The van der Waals surface area contributed by atoms with E-state index in [9.17, 15) is 8.42 Å². The average Bonchev–Trinajstić information content (AvgIpc) is 2.60. The number of aromatic nitrogens is 2. The third-order valence-corrected chi connectivity index (χ3v) is 3.50. The van der Waals surface area contributed by atoms with Crippen molar-refractivity contribution >= 4 is 39.0 Å². The summed E-state index contributed by atoms with van der Waals surface area (Å²) in [5.41, 5.74) is 0.870. The summed E-state index contributed by atoms with van der Waals surface area (Å²) in [4.78, 5) is 0. The molecule has 0 bridgehead atoms. The molecular formula is C11H11Cl2N3O2S. The maximum atomic E-state index is 11.1. The molecule has 0 amide bonds. The predicted molar refractivity (Wildman–Crippen MR) is 76.3 cm³/mol. The standard InChI is InChI=1S/C11H11Cl2N3O2S/c1-19(17,18)15-11-10(13)7-16(14-11)6-8-4-2-3-5-9(8)12/h2-5,7H,6H2,1H3,(H,14,15). The molecule has 1 aromatic carbocycles. The highest BCUT2D eigenvalue weighted by molar-refractivity contribution is 7.92. The third kappa shape index (κ3) is 3.86. The Hall–Kier alpha value is -1.24. The first-order valence-corrected chi connectivity index (χ1v) is 7.94. The summed E-state index contributed by atoms with van der Waals surface area (Å²) < 4.78 is 26.0. The van der Waals surface area contributed by atoms with E-state index in [1.54, 1.807) is 12.3 Å². The summed E-state index contributed by atoms with van der Waals surface area (Å²) in [6.07, 6.45) is 2.58. The topological polar surface area (TPSA) is 64.0 Å². The van der Waals surface area contributed by atoms with Crippen molar-refractivity contribution in [1.29, 1.82) is 0 Å². The minimum absolute atomic E-state index is 0.108. The Morgan fingerprint density at radius 2 is 1.95 bits per heavy atom. The summed E-state index contributed by atoms with van der Waals surface area (Å²) in [6.45, 7) is 0.408. The van der Waals surface area contributed by atoms with Crippen LogP contribution in [-0.2, 0) is 16.6 Å². The van der Waals surface area contributed by atoms with Crippen molar-refractivity contribution in [2.75, 3.05) is 11.0 Å². The van der Waals surface area contributed by atoms with E-state index in [2.05, 4.69) is 9.82 Å². The van der Waals surface area contributed by atoms with Crippen LogP contribution in [0.3, 0.4) is 0 Å². The molecule has 0 saturated heterocycles. The lowest BCUT2D eigenvalue weighted by molar-refractivity contribution is 0.606. The highest BCUT2D eigenvalue weighted by Crippen LogP contribution is 2.22. The molecule has 0 spiro atoms. The second-order valence-electron chi connectivity index (χ2n) is 3.99. The van der Waals surface area contributed by atoms with Crippen LogP contribution in [0.5, 0.6) is 0 Å². The maximum absolute atomic E-state index is 11.1. The molecule has 5 nitrogen and oxygen atoms in total. The van der Waals surface area contributed by atoms with Gasteiger partial charge in [0.05, 0.1) is 12.8 Å². The minimum Gasteiger partial charge on any atom is -0.265 e. The van der Waals surface area contributed by atoms with Gasteiger partial charge in [0.2, 0.25) is 10.0 Å². The first kappa shape index (κ1) is 14.2. The molecule has 1 aromatic heterocycles. The second kappa shape index (κ2) is 5.40. The molecule has 2 aromatic rings. The minimum atomic E-state index is -3.40. The molecule has 0 radical (unpaired) electrons. The zero-order chi connectivity index (χ0) is 14.0. The van der Waals surface area contributed by atoms with Gasteiger partial charge >= 0.3 is 0 Å². The van der Waals surface area contributed by atoms with Gasteiger partial charge in [-0.05, 0) is 11.6 Å². The summed E-state index contributed by atoms with van der Waals surface area (Å²) in [7, 11) is -3.40. The Balaban J connectivity index is 2.24. The number of benzene rings is 1. The number of rotatable bonds is 4. The van der Waals surface area contributed by atoms with Gasteiger partial charge in [-0.25, -0.2) is 8.42 Å². The van der Waals surface area contributed by atoms with Crippen LogP contribution in [0.1, 0.15) is 5.56 Å². The van der Waals surface area contributed by atoms with Crippen molar-refractivity contribution in [3.05, 3.63) is 46.1 Å². The largest absolute Gasteiger partial charge is 0.265 e. The van der Waals surface area contributed by atoms with Gasteiger partial charge in [0, 0.05) is 11.2 Å². The van der Waals surface area contributed by atoms with E-state index in [0.29, 0.717) is 11.6 Å². The number of hydrogen-bond donors (Lipinski definition) is 1. The van der Waals surface area contributed by atoms with Gasteiger partial charge in [-0.3, -0.25) is 9.40 Å². The summed E-state index contributed by atoms with van der Waals surface area (Å²) in [6, 6.07) is 7.33. The van der Waals surface area contributed by atoms with Crippen LogP contribution < -0.4 is 4.72 Å². The van der Waals surface area contributed by atoms with Crippen molar-refractivity contribution < 1.29 is 8.42 Å². The third-order valence-electron chi connectivity index (χ3n) is 2.29. The van der Waals surface area contributed by atoms with Crippen LogP contribution >= 0.6 is 23.2 Å². The van der Waals surface area contributed by atoms with E-state index in [4.69, 9.17) is 23.2 Å². The number of hydrogen-bond acceptors (Lipinski definition) is 3. The summed E-state index contributed by atoms with van der Waals surface area (Å²) in [5.74, 6) is 0.108. The molecule has 0 unspecified atom stereocenters. The van der Waals surface area contributed by atoms with E-state index < -0.39 is 10.0 Å². The Labute approximate surface area is 121 Å². The van der Waals surface area contributed by atoms with Crippen LogP contribution in [0, 0.1) is 0 Å². The first-order chi connectivity index (χ1) is 8.85. The Morgan fingerprint density at radius 3 is 2.58 bits per heavy atom. The Bertz CT molecular complexity index is 698. The van der Waals surface area contributed by atoms with E-state index >= 15 is 0 Å². The fourth-order valence-corrected chi connectivity index (χ4v) is 2.48. The van der Waals surface area contributed by atoms with Crippen LogP contribution in [-0.4, -0.2) is 24.5 Å². The van der Waals surface area contributed by atoms with Gasteiger partial charge in [-0.2, -0.15) is 5.10 Å². The van der Waals surface area contributed by atoms with E-state index in [-0.39, 0.29) is 10.8 Å². The van der Waals surface area contributed by atoms with Crippen LogP contribution in [0.25, 0.3) is 0 Å². The number of nitrogens with one attached hydrogen (secondary N) is 1. The van der Waals surface area contributed by atoms with Gasteiger partial charge in [0.15, 0.2) is 5.82 Å². The summed E-state index contributed by atoms with van der Waals surface area (Å²) >= 11 is 12.0. The molecule has 0 atom stereocenters. The average molecular weight is 320 g/mol. The molecule has 0 aliphatic heterocycles. The van der Waals surface area contributed by atoms with Crippen LogP contribution in [0.4, 0.5) is 5.82 Å². The molecule has 0 aliphatic carbocycles. The zero-order valence-corrected chi connectivity index (χ0v) is 12.3. The summed E-state index contributed by atoms with van der Waals surface area (Å²) in [5, 5.41) is 4.92. The second-order valence-corrected chi connectivity index (χ2v) is 6.55. The van der Waals surface area contributed by atoms with Crippen LogP contribution in [0.2, 0.25) is 10.0 Å². The lowest BCUT2D eigenvalue weighted by atomic mass is 10.2. The number of sulfonamides is 1. The molecule has 0 fully saturated rings. The molecule has 19 heavy (non-hydrogen) atoms. The zero-order valence-electron chi connectivity index (χ0n) is 9.97. The predicted octanol–water partition coefficient (Wildman–Crippen LogP) is 2.61. The lowest BCUT2D eigenvalue weighted by Crippen LogP contribution is -2.11. The molecule has 0 aliphatic rings. The fraction of sp³-hybridized carbons (Fsp3) is 0.182. The van der Waals surface area contributed by atoms with E-state index in [0.717, 1.165) is 11.8 Å². The highest BCUT2D eigenvalue weighted by Gasteiger charge is 2.12. The SMILES string of the molecule is CS(=O)(=O)Nc1nn(Cc2ccccc2Cl)cc1Cl. The lowest BCUT2D eigenvalue weighted by Gasteiger charge is -2.04.